The van der Waals surface area contributed by atoms with Crippen LogP contribution in [0, 0.1) is 0 Å². The molecule has 0 fully saturated rings. The van der Waals surface area contributed by atoms with E-state index in [2.05, 4.69) is 17.6 Å². The fraction of sp³-hybridized carbons (Fsp3) is 0.286. The minimum Gasteiger partial charge on any atom is -0.494 e. The Bertz CT molecular complexity index is 1050. The quantitative estimate of drug-likeness (QED) is 0.327. The molecule has 2 N–H and O–H groups in total. The van der Waals surface area contributed by atoms with Crippen LogP contribution in [-0.2, 0) is 4.79 Å². The molecule has 0 aliphatic carbocycles. The molecule has 3 rings (SSSR count). The zero-order valence-corrected chi connectivity index (χ0v) is 19.9. The lowest BCUT2D eigenvalue weighted by molar-refractivity contribution is -0.114. The fourth-order valence-electron chi connectivity index (χ4n) is 3.47. The predicted octanol–water partition coefficient (Wildman–Crippen LogP) is 5.97. The first kappa shape index (κ1) is 24.8. The standard InChI is InChI=1S/C28H33N3O3/c1-3-4-5-9-19-34-26-17-15-23(16-18-26)30-27(32)21-29-24-12-10-11-22(20-24)28(33)31(2)25-13-7-6-8-14-25/h6-8,10-18,20,29H,3-5,9,19,21H2,1-2H3,(H,30,32). The van der Waals surface area contributed by atoms with Crippen LogP contribution in [0.5, 0.6) is 5.75 Å². The Hall–Kier alpha value is -3.80. The average Bonchev–Trinajstić information content (AvgIpc) is 2.88. The molecule has 0 saturated heterocycles. The monoisotopic (exact) mass is 459 g/mol. The number of para-hydroxylation sites is 1. The molecule has 6 nitrogen and oxygen atoms in total. The van der Waals surface area contributed by atoms with E-state index in [0.717, 1.165) is 17.9 Å². The summed E-state index contributed by atoms with van der Waals surface area (Å²) in [6.45, 7) is 2.98. The van der Waals surface area contributed by atoms with Crippen LogP contribution in [-0.4, -0.2) is 32.0 Å². The first-order valence-electron chi connectivity index (χ1n) is 11.8. The van der Waals surface area contributed by atoms with Gasteiger partial charge in [0.15, 0.2) is 0 Å². The maximum absolute atomic E-state index is 12.8. The molecule has 0 bridgehead atoms. The van der Waals surface area contributed by atoms with Gasteiger partial charge < -0.3 is 20.3 Å². The van der Waals surface area contributed by atoms with Crippen molar-refractivity contribution >= 4 is 28.9 Å². The summed E-state index contributed by atoms with van der Waals surface area (Å²) >= 11 is 0. The summed E-state index contributed by atoms with van der Waals surface area (Å²) in [5.74, 6) is 0.507. The van der Waals surface area contributed by atoms with Gasteiger partial charge in [-0.1, -0.05) is 50.5 Å². The van der Waals surface area contributed by atoms with E-state index in [-0.39, 0.29) is 18.4 Å². The number of nitrogens with zero attached hydrogens (tertiary/aromatic N) is 1. The number of amides is 2. The van der Waals surface area contributed by atoms with Crippen LogP contribution in [0.3, 0.4) is 0 Å². The Labute approximate surface area is 201 Å². The summed E-state index contributed by atoms with van der Waals surface area (Å²) in [6.07, 6.45) is 4.66. The SMILES string of the molecule is CCCCCCOc1ccc(NC(=O)CNc2cccc(C(=O)N(C)c3ccccc3)c2)cc1. The third-order valence-electron chi connectivity index (χ3n) is 5.42. The van der Waals surface area contributed by atoms with E-state index in [9.17, 15) is 9.59 Å². The molecule has 2 amide bonds. The van der Waals surface area contributed by atoms with Crippen LogP contribution in [0.4, 0.5) is 17.1 Å². The summed E-state index contributed by atoms with van der Waals surface area (Å²) in [5.41, 5.74) is 2.77. The number of nitrogens with one attached hydrogen (secondary N) is 2. The lowest BCUT2D eigenvalue weighted by Crippen LogP contribution is -2.26. The number of carbonyl (C=O) groups is 2. The first-order chi connectivity index (χ1) is 16.6. The number of rotatable bonds is 12. The summed E-state index contributed by atoms with van der Waals surface area (Å²) in [7, 11) is 1.74. The average molecular weight is 460 g/mol. The van der Waals surface area contributed by atoms with Gasteiger partial charge >= 0.3 is 0 Å². The van der Waals surface area contributed by atoms with Gasteiger partial charge in [-0.25, -0.2) is 0 Å². The van der Waals surface area contributed by atoms with Crippen molar-refractivity contribution in [2.75, 3.05) is 35.7 Å². The second-order valence-electron chi connectivity index (χ2n) is 8.12. The molecular formula is C28H33N3O3. The third-order valence-corrected chi connectivity index (χ3v) is 5.42. The Balaban J connectivity index is 1.47. The Kier molecular flexibility index (Phi) is 9.52. The van der Waals surface area contributed by atoms with Crippen molar-refractivity contribution in [2.45, 2.75) is 32.6 Å². The number of hydrogen-bond acceptors (Lipinski definition) is 4. The topological polar surface area (TPSA) is 70.7 Å². The van der Waals surface area contributed by atoms with Crippen molar-refractivity contribution in [1.29, 1.82) is 0 Å². The van der Waals surface area contributed by atoms with Crippen molar-refractivity contribution in [1.82, 2.24) is 0 Å². The lowest BCUT2D eigenvalue weighted by atomic mass is 10.1. The fourth-order valence-corrected chi connectivity index (χ4v) is 3.47. The van der Waals surface area contributed by atoms with Gasteiger partial charge in [0.05, 0.1) is 13.2 Å². The first-order valence-corrected chi connectivity index (χ1v) is 11.8. The van der Waals surface area contributed by atoms with E-state index in [1.807, 2.05) is 60.7 Å². The smallest absolute Gasteiger partial charge is 0.258 e. The second kappa shape index (κ2) is 13.0. The van der Waals surface area contributed by atoms with Crippen molar-refractivity contribution in [3.05, 3.63) is 84.4 Å². The molecule has 0 atom stereocenters. The number of ether oxygens (including phenoxy) is 1. The molecule has 178 valence electrons. The van der Waals surface area contributed by atoms with Gasteiger partial charge in [-0.05, 0) is 61.0 Å². The van der Waals surface area contributed by atoms with E-state index in [1.54, 1.807) is 30.1 Å². The van der Waals surface area contributed by atoms with Crippen molar-refractivity contribution < 1.29 is 14.3 Å². The normalized spacial score (nSPS) is 10.4. The van der Waals surface area contributed by atoms with Crippen LogP contribution in [0.2, 0.25) is 0 Å². The van der Waals surface area contributed by atoms with Gasteiger partial charge in [0.1, 0.15) is 5.75 Å². The maximum atomic E-state index is 12.8. The highest BCUT2D eigenvalue weighted by molar-refractivity contribution is 6.06. The van der Waals surface area contributed by atoms with Crippen molar-refractivity contribution in [3.63, 3.8) is 0 Å². The number of carbonyl (C=O) groups excluding carboxylic acids is 2. The number of benzene rings is 3. The maximum Gasteiger partial charge on any atom is 0.258 e. The predicted molar refractivity (Wildman–Crippen MR) is 139 cm³/mol. The van der Waals surface area contributed by atoms with Gasteiger partial charge in [-0.2, -0.15) is 0 Å². The summed E-state index contributed by atoms with van der Waals surface area (Å²) < 4.78 is 5.74. The molecule has 0 unspecified atom stereocenters. The molecule has 0 aromatic heterocycles. The van der Waals surface area contributed by atoms with E-state index < -0.39 is 0 Å². The second-order valence-corrected chi connectivity index (χ2v) is 8.12. The number of unbranched alkanes of at least 4 members (excludes halogenated alkanes) is 3. The van der Waals surface area contributed by atoms with E-state index in [1.165, 1.54) is 19.3 Å². The Morgan fingerprint density at radius 3 is 2.35 bits per heavy atom. The molecule has 34 heavy (non-hydrogen) atoms. The molecule has 0 aliphatic heterocycles. The van der Waals surface area contributed by atoms with Gasteiger partial charge in [0, 0.05) is 29.7 Å². The molecule has 3 aromatic carbocycles. The lowest BCUT2D eigenvalue weighted by Gasteiger charge is -2.18. The van der Waals surface area contributed by atoms with Crippen LogP contribution < -0.4 is 20.3 Å². The highest BCUT2D eigenvalue weighted by atomic mass is 16.5. The molecule has 3 aromatic rings. The van der Waals surface area contributed by atoms with Crippen LogP contribution in [0.25, 0.3) is 0 Å². The molecule has 0 aliphatic rings. The van der Waals surface area contributed by atoms with Gasteiger partial charge in [0.2, 0.25) is 5.91 Å². The molecule has 0 radical (unpaired) electrons. The van der Waals surface area contributed by atoms with Gasteiger partial charge in [-0.3, -0.25) is 9.59 Å². The van der Waals surface area contributed by atoms with Crippen LogP contribution in [0.1, 0.15) is 43.0 Å². The summed E-state index contributed by atoms with van der Waals surface area (Å²) in [6, 6.07) is 24.0. The highest BCUT2D eigenvalue weighted by Crippen LogP contribution is 2.18. The largest absolute Gasteiger partial charge is 0.494 e. The summed E-state index contributed by atoms with van der Waals surface area (Å²) in [4.78, 5) is 26.8. The highest BCUT2D eigenvalue weighted by Gasteiger charge is 2.14. The molecule has 6 heteroatoms. The zero-order valence-electron chi connectivity index (χ0n) is 19.9. The third kappa shape index (κ3) is 7.66. The molecule has 0 heterocycles. The summed E-state index contributed by atoms with van der Waals surface area (Å²) in [5, 5.41) is 5.96. The van der Waals surface area contributed by atoms with Gasteiger partial charge in [0.25, 0.3) is 5.91 Å². The molecule has 0 saturated carbocycles. The van der Waals surface area contributed by atoms with Crippen molar-refractivity contribution in [3.8, 4) is 5.75 Å². The molecular weight excluding hydrogens is 426 g/mol. The zero-order chi connectivity index (χ0) is 24.2. The number of hydrogen-bond donors (Lipinski definition) is 2. The minimum absolute atomic E-state index is 0.0852. The van der Waals surface area contributed by atoms with Crippen molar-refractivity contribution in [2.24, 2.45) is 0 Å². The van der Waals surface area contributed by atoms with Crippen LogP contribution >= 0.6 is 0 Å². The van der Waals surface area contributed by atoms with E-state index >= 15 is 0 Å². The Morgan fingerprint density at radius 1 is 0.853 bits per heavy atom. The number of anilines is 3. The minimum atomic E-state index is -0.175. The van der Waals surface area contributed by atoms with E-state index in [4.69, 9.17) is 4.74 Å². The molecule has 0 spiro atoms. The van der Waals surface area contributed by atoms with Crippen LogP contribution in [0.15, 0.2) is 78.9 Å². The van der Waals surface area contributed by atoms with Gasteiger partial charge in [-0.15, -0.1) is 0 Å². The Morgan fingerprint density at radius 2 is 1.62 bits per heavy atom. The van der Waals surface area contributed by atoms with E-state index in [0.29, 0.717) is 23.5 Å².